The Morgan fingerprint density at radius 1 is 1.38 bits per heavy atom. The lowest BCUT2D eigenvalue weighted by atomic mass is 10.2. The van der Waals surface area contributed by atoms with Crippen LogP contribution < -0.4 is 5.32 Å². The van der Waals surface area contributed by atoms with Crippen molar-refractivity contribution in [2.45, 2.75) is 23.8 Å². The van der Waals surface area contributed by atoms with Crippen LogP contribution in [-0.4, -0.2) is 42.5 Å². The molecule has 1 atom stereocenters. The van der Waals surface area contributed by atoms with E-state index in [2.05, 4.69) is 10.1 Å². The van der Waals surface area contributed by atoms with Crippen molar-refractivity contribution in [2.75, 3.05) is 19.5 Å². The number of hydrogen-bond acceptors (Lipinski definition) is 5. The monoisotopic (exact) mass is 331 g/mol. The van der Waals surface area contributed by atoms with Crippen LogP contribution in [-0.2, 0) is 14.3 Å². The maximum Gasteiger partial charge on any atom is 0.330 e. The Labute approximate surface area is 133 Å². The molecule has 0 radical (unpaired) electrons. The smallest absolute Gasteiger partial charge is 0.330 e. The van der Waals surface area contributed by atoms with Gasteiger partial charge in [-0.25, -0.2) is 4.79 Å². The van der Waals surface area contributed by atoms with E-state index in [0.717, 1.165) is 10.6 Å². The molecular formula is C14H18ClNO4S. The highest BCUT2D eigenvalue weighted by atomic mass is 35.5. The van der Waals surface area contributed by atoms with Gasteiger partial charge in [0.05, 0.1) is 13.7 Å². The van der Waals surface area contributed by atoms with Crippen molar-refractivity contribution in [3.63, 3.8) is 0 Å². The number of aliphatic hydroxyl groups excluding tert-OH is 1. The topological polar surface area (TPSA) is 75.6 Å². The van der Waals surface area contributed by atoms with Crippen molar-refractivity contribution >= 4 is 35.2 Å². The molecule has 0 aromatic heterocycles. The Morgan fingerprint density at radius 2 is 2.05 bits per heavy atom. The number of carbonyl (C=O) groups excluding carboxylic acids is 2. The first-order chi connectivity index (χ1) is 10.1. The fraction of sp³-hybridized carbons (Fsp3) is 0.429. The van der Waals surface area contributed by atoms with Gasteiger partial charge >= 0.3 is 5.97 Å². The van der Waals surface area contributed by atoms with Crippen molar-refractivity contribution in [1.82, 2.24) is 5.32 Å². The molecule has 7 heteroatoms. The summed E-state index contributed by atoms with van der Waals surface area (Å²) in [7, 11) is 1.21. The van der Waals surface area contributed by atoms with Crippen molar-refractivity contribution in [1.29, 1.82) is 0 Å². The summed E-state index contributed by atoms with van der Waals surface area (Å²) in [4.78, 5) is 23.9. The average Bonchev–Trinajstić information content (AvgIpc) is 2.50. The van der Waals surface area contributed by atoms with Gasteiger partial charge in [0.25, 0.3) is 0 Å². The number of benzene rings is 1. The largest absolute Gasteiger partial charge is 0.467 e. The third kappa shape index (κ3) is 6.84. The molecule has 1 amide bonds. The number of amides is 1. The summed E-state index contributed by atoms with van der Waals surface area (Å²) in [5.41, 5.74) is 0. The van der Waals surface area contributed by atoms with Gasteiger partial charge in [-0.15, -0.1) is 11.8 Å². The highest BCUT2D eigenvalue weighted by Crippen LogP contribution is 2.21. The molecule has 0 aliphatic carbocycles. The molecule has 1 rings (SSSR count). The summed E-state index contributed by atoms with van der Waals surface area (Å²) >= 11 is 7.42. The molecule has 0 spiro atoms. The van der Waals surface area contributed by atoms with E-state index in [9.17, 15) is 9.59 Å². The fourth-order valence-corrected chi connectivity index (χ4v) is 2.52. The first-order valence-corrected chi connectivity index (χ1v) is 7.79. The Hall–Kier alpha value is -1.24. The van der Waals surface area contributed by atoms with Crippen LogP contribution in [0.4, 0.5) is 0 Å². The second-order valence-corrected chi connectivity index (χ2v) is 5.84. The minimum atomic E-state index is -0.994. The van der Waals surface area contributed by atoms with E-state index in [0.29, 0.717) is 11.4 Å². The lowest BCUT2D eigenvalue weighted by Crippen LogP contribution is -2.43. The SMILES string of the molecule is COC(=O)[C@@H](CO)NC(=O)CCCSc1ccc(Cl)cc1. The van der Waals surface area contributed by atoms with E-state index < -0.39 is 18.6 Å². The molecule has 0 saturated heterocycles. The number of esters is 1. The summed E-state index contributed by atoms with van der Waals surface area (Å²) in [5.74, 6) is -0.158. The zero-order valence-corrected chi connectivity index (χ0v) is 13.2. The number of methoxy groups -OCH3 is 1. The molecule has 0 aliphatic heterocycles. The predicted molar refractivity (Wildman–Crippen MR) is 82.4 cm³/mol. The summed E-state index contributed by atoms with van der Waals surface area (Å²) in [6.45, 7) is -0.474. The number of halogens is 1. The number of ether oxygens (including phenoxy) is 1. The highest BCUT2D eigenvalue weighted by Gasteiger charge is 2.19. The van der Waals surface area contributed by atoms with E-state index >= 15 is 0 Å². The maximum atomic E-state index is 11.6. The van der Waals surface area contributed by atoms with Crippen LogP contribution in [0.15, 0.2) is 29.2 Å². The summed E-state index contributed by atoms with van der Waals surface area (Å²) in [6, 6.07) is 6.49. The molecule has 0 aliphatic rings. The number of thioether (sulfide) groups is 1. The normalized spacial score (nSPS) is 11.8. The van der Waals surface area contributed by atoms with Crippen LogP contribution in [0, 0.1) is 0 Å². The maximum absolute atomic E-state index is 11.6. The Morgan fingerprint density at radius 3 is 2.62 bits per heavy atom. The van der Waals surface area contributed by atoms with Gasteiger partial charge in [-0.1, -0.05) is 11.6 Å². The number of nitrogens with one attached hydrogen (secondary N) is 1. The van der Waals surface area contributed by atoms with E-state index in [-0.39, 0.29) is 12.3 Å². The summed E-state index contributed by atoms with van der Waals surface area (Å²) < 4.78 is 4.47. The number of hydrogen-bond donors (Lipinski definition) is 2. The molecule has 5 nitrogen and oxygen atoms in total. The van der Waals surface area contributed by atoms with Gasteiger partial charge < -0.3 is 15.2 Å². The lowest BCUT2D eigenvalue weighted by molar-refractivity contribution is -0.146. The predicted octanol–water partition coefficient (Wildman–Crippen LogP) is 1.86. The standard InChI is InChI=1S/C14H18ClNO4S/c1-20-14(19)12(9-17)16-13(18)3-2-8-21-11-6-4-10(15)5-7-11/h4-7,12,17H,2-3,8-9H2,1H3,(H,16,18)/t12-/m1/s1. The molecule has 0 heterocycles. The third-order valence-electron chi connectivity index (χ3n) is 2.63. The first kappa shape index (κ1) is 17.8. The summed E-state index contributed by atoms with van der Waals surface area (Å²) in [6.07, 6.45) is 0.951. The van der Waals surface area contributed by atoms with E-state index in [1.807, 2.05) is 24.3 Å². The Balaban J connectivity index is 2.24. The first-order valence-electron chi connectivity index (χ1n) is 6.43. The highest BCUT2D eigenvalue weighted by molar-refractivity contribution is 7.99. The molecular weight excluding hydrogens is 314 g/mol. The number of rotatable bonds is 8. The molecule has 2 N–H and O–H groups in total. The molecule has 0 fully saturated rings. The van der Waals surface area contributed by atoms with Gasteiger partial charge in [0.2, 0.25) is 5.91 Å². The fourth-order valence-electron chi connectivity index (χ4n) is 1.54. The van der Waals surface area contributed by atoms with Gasteiger partial charge in [-0.3, -0.25) is 4.79 Å². The van der Waals surface area contributed by atoms with Crippen LogP contribution in [0.25, 0.3) is 0 Å². The van der Waals surface area contributed by atoms with Crippen LogP contribution >= 0.6 is 23.4 Å². The molecule has 21 heavy (non-hydrogen) atoms. The van der Waals surface area contributed by atoms with E-state index in [4.69, 9.17) is 16.7 Å². The van der Waals surface area contributed by atoms with E-state index in [1.165, 1.54) is 7.11 Å². The molecule has 1 aromatic carbocycles. The van der Waals surface area contributed by atoms with Crippen LogP contribution in [0.2, 0.25) is 5.02 Å². The van der Waals surface area contributed by atoms with Gasteiger partial charge in [0, 0.05) is 16.3 Å². The van der Waals surface area contributed by atoms with Crippen molar-refractivity contribution < 1.29 is 19.4 Å². The lowest BCUT2D eigenvalue weighted by Gasteiger charge is -2.13. The molecule has 116 valence electrons. The zero-order chi connectivity index (χ0) is 15.7. The molecule has 0 bridgehead atoms. The van der Waals surface area contributed by atoms with Crippen LogP contribution in [0.1, 0.15) is 12.8 Å². The zero-order valence-electron chi connectivity index (χ0n) is 11.7. The van der Waals surface area contributed by atoms with Gasteiger partial charge in [0.15, 0.2) is 6.04 Å². The van der Waals surface area contributed by atoms with Crippen molar-refractivity contribution in [3.8, 4) is 0 Å². The van der Waals surface area contributed by atoms with Gasteiger partial charge in [-0.05, 0) is 36.4 Å². The molecule has 1 aromatic rings. The second kappa shape index (κ2) is 9.65. The Kier molecular flexibility index (Phi) is 8.19. The quantitative estimate of drug-likeness (QED) is 0.432. The second-order valence-electron chi connectivity index (χ2n) is 4.23. The van der Waals surface area contributed by atoms with Crippen LogP contribution in [0.5, 0.6) is 0 Å². The van der Waals surface area contributed by atoms with Gasteiger partial charge in [0.1, 0.15) is 0 Å². The third-order valence-corrected chi connectivity index (χ3v) is 3.98. The van der Waals surface area contributed by atoms with Crippen LogP contribution in [0.3, 0.4) is 0 Å². The van der Waals surface area contributed by atoms with Crippen molar-refractivity contribution in [2.24, 2.45) is 0 Å². The average molecular weight is 332 g/mol. The number of aliphatic hydroxyl groups is 1. The molecule has 0 saturated carbocycles. The minimum Gasteiger partial charge on any atom is -0.467 e. The summed E-state index contributed by atoms with van der Waals surface area (Å²) in [5, 5.41) is 12.1. The minimum absolute atomic E-state index is 0.281. The van der Waals surface area contributed by atoms with E-state index in [1.54, 1.807) is 11.8 Å². The Bertz CT molecular complexity index is 467. The number of carbonyl (C=O) groups is 2. The molecule has 0 unspecified atom stereocenters. The van der Waals surface area contributed by atoms with Gasteiger partial charge in [-0.2, -0.15) is 0 Å². The van der Waals surface area contributed by atoms with Crippen molar-refractivity contribution in [3.05, 3.63) is 29.3 Å².